The quantitative estimate of drug-likeness (QED) is 0.456. The fraction of sp³-hybridized carbons (Fsp3) is 0.300. The number of hydrogen-bond donors (Lipinski definition) is 3. The topological polar surface area (TPSA) is 50.3 Å². The second kappa shape index (κ2) is 10.2. The van der Waals surface area contributed by atoms with Gasteiger partial charge >= 0.3 is 0 Å². The summed E-state index contributed by atoms with van der Waals surface area (Å²) in [6.07, 6.45) is 1.51. The van der Waals surface area contributed by atoms with E-state index in [9.17, 15) is 4.79 Å². The Labute approximate surface area is 179 Å². The predicted molar refractivity (Wildman–Crippen MR) is 114 cm³/mol. The van der Waals surface area contributed by atoms with E-state index >= 15 is 0 Å². The number of piperazine rings is 1. The van der Waals surface area contributed by atoms with E-state index in [2.05, 4.69) is 16.6 Å². The normalized spacial score (nSPS) is 19.7. The highest BCUT2D eigenvalue weighted by molar-refractivity contribution is 6.43. The summed E-state index contributed by atoms with van der Waals surface area (Å²) in [7, 11) is 0. The van der Waals surface area contributed by atoms with Crippen LogP contribution >= 0.6 is 34.8 Å². The minimum Gasteiger partial charge on any atom is -0.322 e. The number of nitrogens with zero attached hydrogens (tertiary/aromatic N) is 1. The van der Waals surface area contributed by atoms with Crippen LogP contribution in [0.25, 0.3) is 0 Å². The summed E-state index contributed by atoms with van der Waals surface area (Å²) in [5.74, 6) is -0.112. The Kier molecular flexibility index (Phi) is 7.71. The van der Waals surface area contributed by atoms with Gasteiger partial charge in [-0.05, 0) is 12.1 Å². The van der Waals surface area contributed by atoms with E-state index in [1.807, 2.05) is 18.2 Å². The lowest BCUT2D eigenvalue weighted by atomic mass is 10.2. The van der Waals surface area contributed by atoms with Crippen molar-refractivity contribution >= 4 is 46.9 Å². The van der Waals surface area contributed by atoms with Crippen LogP contribution in [0, 0.1) is 0 Å². The molecule has 0 saturated carbocycles. The van der Waals surface area contributed by atoms with E-state index in [0.29, 0.717) is 22.2 Å². The Morgan fingerprint density at radius 3 is 2.39 bits per heavy atom. The van der Waals surface area contributed by atoms with Gasteiger partial charge in [-0.2, -0.15) is 5.10 Å². The number of quaternary nitrogens is 2. The van der Waals surface area contributed by atoms with Crippen LogP contribution in [0.3, 0.4) is 0 Å². The standard InChI is InChI=1S/C20H21Cl3N4O/c21-17-6-2-1-4-16(17)13-26-8-10-27(11-9-26)14-19(28)25-24-12-15-5-3-7-18(22)20(15)23/h1-7,12H,8-11,13-14H2,(H,25,28)/p+2. The van der Waals surface area contributed by atoms with E-state index in [-0.39, 0.29) is 5.91 Å². The van der Waals surface area contributed by atoms with Crippen LogP contribution in [0.1, 0.15) is 11.1 Å². The second-order valence-electron chi connectivity index (χ2n) is 6.88. The number of amides is 1. The molecule has 0 bridgehead atoms. The zero-order valence-corrected chi connectivity index (χ0v) is 17.6. The number of benzene rings is 2. The SMILES string of the molecule is O=C(C[NH+]1CC[NH+](Cc2ccccc2Cl)CC1)NN=Cc1cccc(Cl)c1Cl. The van der Waals surface area contributed by atoms with Gasteiger partial charge < -0.3 is 9.80 Å². The van der Waals surface area contributed by atoms with Crippen molar-refractivity contribution in [3.8, 4) is 0 Å². The molecule has 1 aliphatic heterocycles. The Morgan fingerprint density at radius 1 is 0.964 bits per heavy atom. The average molecular weight is 442 g/mol. The molecule has 1 heterocycles. The van der Waals surface area contributed by atoms with E-state index in [1.165, 1.54) is 21.6 Å². The van der Waals surface area contributed by atoms with Gasteiger partial charge in [0.25, 0.3) is 5.91 Å². The number of hydrogen-bond acceptors (Lipinski definition) is 2. The Hall–Kier alpha value is -1.63. The molecule has 3 N–H and O–H groups in total. The molecule has 2 aromatic rings. The lowest BCUT2D eigenvalue weighted by Crippen LogP contribution is -3.28. The number of hydrazone groups is 1. The molecule has 0 atom stereocenters. The van der Waals surface area contributed by atoms with Crippen molar-refractivity contribution in [1.82, 2.24) is 5.43 Å². The Bertz CT molecular complexity index is 851. The minimum absolute atomic E-state index is 0.112. The van der Waals surface area contributed by atoms with Crippen molar-refractivity contribution in [2.24, 2.45) is 5.10 Å². The highest BCUT2D eigenvalue weighted by Crippen LogP contribution is 2.24. The number of carbonyl (C=O) groups excluding carboxylic acids is 1. The molecule has 0 radical (unpaired) electrons. The molecule has 2 aromatic carbocycles. The van der Waals surface area contributed by atoms with Crippen LogP contribution in [0.4, 0.5) is 0 Å². The molecule has 1 aliphatic rings. The molecule has 0 spiro atoms. The average Bonchev–Trinajstić information content (AvgIpc) is 2.68. The van der Waals surface area contributed by atoms with Crippen LogP contribution in [-0.2, 0) is 11.3 Å². The maximum absolute atomic E-state index is 12.1. The second-order valence-corrected chi connectivity index (χ2v) is 8.07. The molecule has 8 heteroatoms. The van der Waals surface area contributed by atoms with Crippen molar-refractivity contribution in [3.05, 3.63) is 68.7 Å². The zero-order chi connectivity index (χ0) is 19.9. The van der Waals surface area contributed by atoms with E-state index < -0.39 is 0 Å². The fourth-order valence-corrected chi connectivity index (χ4v) is 3.84. The third-order valence-corrected chi connectivity index (χ3v) is 6.05. The fourth-order valence-electron chi connectivity index (χ4n) is 3.28. The maximum atomic E-state index is 12.1. The number of rotatable bonds is 6. The highest BCUT2D eigenvalue weighted by Gasteiger charge is 2.25. The van der Waals surface area contributed by atoms with E-state index in [4.69, 9.17) is 34.8 Å². The maximum Gasteiger partial charge on any atom is 0.295 e. The smallest absolute Gasteiger partial charge is 0.295 e. The molecule has 1 amide bonds. The third-order valence-electron chi connectivity index (χ3n) is 4.85. The lowest BCUT2D eigenvalue weighted by molar-refractivity contribution is -1.02. The van der Waals surface area contributed by atoms with Crippen LogP contribution < -0.4 is 15.2 Å². The molecule has 1 saturated heterocycles. The van der Waals surface area contributed by atoms with Gasteiger partial charge in [-0.3, -0.25) is 4.79 Å². The number of carbonyl (C=O) groups is 1. The molecule has 0 unspecified atom stereocenters. The summed E-state index contributed by atoms with van der Waals surface area (Å²) < 4.78 is 0. The van der Waals surface area contributed by atoms with Crippen molar-refractivity contribution in [2.75, 3.05) is 32.7 Å². The van der Waals surface area contributed by atoms with Crippen LogP contribution in [0.15, 0.2) is 47.6 Å². The Balaban J connectivity index is 1.42. The van der Waals surface area contributed by atoms with Crippen LogP contribution in [0.2, 0.25) is 15.1 Å². The van der Waals surface area contributed by atoms with Gasteiger partial charge in [0, 0.05) is 16.1 Å². The zero-order valence-electron chi connectivity index (χ0n) is 15.4. The van der Waals surface area contributed by atoms with E-state index in [1.54, 1.807) is 18.2 Å². The lowest BCUT2D eigenvalue weighted by Gasteiger charge is -2.29. The monoisotopic (exact) mass is 440 g/mol. The molecule has 28 heavy (non-hydrogen) atoms. The van der Waals surface area contributed by atoms with Gasteiger partial charge in [-0.15, -0.1) is 0 Å². The summed E-state index contributed by atoms with van der Waals surface area (Å²) >= 11 is 18.3. The van der Waals surface area contributed by atoms with Gasteiger partial charge in [0.05, 0.1) is 16.3 Å². The first kappa shape index (κ1) is 21.1. The first-order valence-corrected chi connectivity index (χ1v) is 10.3. The summed E-state index contributed by atoms with van der Waals surface area (Å²) in [5, 5.41) is 5.69. The van der Waals surface area contributed by atoms with E-state index in [0.717, 1.165) is 37.7 Å². The Morgan fingerprint density at radius 2 is 1.64 bits per heavy atom. The molecule has 3 rings (SSSR count). The first-order chi connectivity index (χ1) is 13.5. The van der Waals surface area contributed by atoms with Gasteiger partial charge in [0.2, 0.25) is 0 Å². The number of halogens is 3. The highest BCUT2D eigenvalue weighted by atomic mass is 35.5. The molecule has 5 nitrogen and oxygen atoms in total. The van der Waals surface area contributed by atoms with Crippen molar-refractivity contribution < 1.29 is 14.6 Å². The van der Waals surface area contributed by atoms with Gasteiger partial charge in [0.1, 0.15) is 32.7 Å². The predicted octanol–water partition coefficient (Wildman–Crippen LogP) is 1.08. The van der Waals surface area contributed by atoms with Gasteiger partial charge in [-0.1, -0.05) is 65.1 Å². The largest absolute Gasteiger partial charge is 0.322 e. The molecule has 0 aromatic heterocycles. The van der Waals surface area contributed by atoms with Crippen LogP contribution in [0.5, 0.6) is 0 Å². The van der Waals surface area contributed by atoms with Crippen molar-refractivity contribution in [2.45, 2.75) is 6.54 Å². The van der Waals surface area contributed by atoms with Crippen molar-refractivity contribution in [3.63, 3.8) is 0 Å². The number of nitrogens with one attached hydrogen (secondary N) is 3. The van der Waals surface area contributed by atoms with Crippen LogP contribution in [-0.4, -0.2) is 44.8 Å². The third kappa shape index (κ3) is 5.93. The molecular weight excluding hydrogens is 419 g/mol. The summed E-state index contributed by atoms with van der Waals surface area (Å²) in [6, 6.07) is 13.2. The van der Waals surface area contributed by atoms with Crippen molar-refractivity contribution in [1.29, 1.82) is 0 Å². The molecular formula is C20H23Cl3N4O+2. The summed E-state index contributed by atoms with van der Waals surface area (Å²) in [5.41, 5.74) is 4.41. The minimum atomic E-state index is -0.112. The van der Waals surface area contributed by atoms with Gasteiger partial charge in [-0.25, -0.2) is 5.43 Å². The molecule has 148 valence electrons. The first-order valence-electron chi connectivity index (χ1n) is 9.19. The molecule has 0 aliphatic carbocycles. The molecule has 1 fully saturated rings. The summed E-state index contributed by atoms with van der Waals surface area (Å²) in [6.45, 7) is 5.22. The summed E-state index contributed by atoms with van der Waals surface area (Å²) in [4.78, 5) is 14.9. The van der Waals surface area contributed by atoms with Gasteiger partial charge in [0.15, 0.2) is 6.54 Å².